The van der Waals surface area contributed by atoms with Gasteiger partial charge in [-0.05, 0) is 49.6 Å². The van der Waals surface area contributed by atoms with Crippen LogP contribution in [0.4, 0.5) is 22.7 Å². The van der Waals surface area contributed by atoms with Gasteiger partial charge in [0.05, 0.1) is 24.0 Å². The molecule has 0 radical (unpaired) electrons. The molecule has 2 aromatic rings. The molecule has 178 valence electrons. The summed E-state index contributed by atoms with van der Waals surface area (Å²) in [6.45, 7) is 1.52. The molecule has 0 aromatic heterocycles. The van der Waals surface area contributed by atoms with Gasteiger partial charge in [0.1, 0.15) is 11.4 Å². The quantitative estimate of drug-likeness (QED) is 0.465. The lowest BCUT2D eigenvalue weighted by molar-refractivity contribution is -0.384. The number of hydrogen-bond donors (Lipinski definition) is 2. The third kappa shape index (κ3) is 5.11. The van der Waals surface area contributed by atoms with Crippen LogP contribution >= 0.6 is 0 Å². The Morgan fingerprint density at radius 1 is 1.12 bits per heavy atom. The molecular weight excluding hydrogens is 440 g/mol. The van der Waals surface area contributed by atoms with Crippen molar-refractivity contribution in [3.8, 4) is 5.75 Å². The molecule has 10 heteroatoms. The van der Waals surface area contributed by atoms with Gasteiger partial charge in [0.15, 0.2) is 6.10 Å². The highest BCUT2D eigenvalue weighted by Gasteiger charge is 2.24. The highest BCUT2D eigenvalue weighted by Crippen LogP contribution is 2.32. The van der Waals surface area contributed by atoms with E-state index in [1.54, 1.807) is 36.4 Å². The second kappa shape index (κ2) is 10.2. The summed E-state index contributed by atoms with van der Waals surface area (Å²) in [6, 6.07) is 9.32. The van der Waals surface area contributed by atoms with Gasteiger partial charge in [0.2, 0.25) is 0 Å². The maximum atomic E-state index is 12.8. The standard InChI is InChI=1S/C24H26N4O6/c1-33-22-15-17(8-9-18(22)26-24(30)21-6-5-13-34-21)25-23(29)16-7-10-19(20(14-16)28(31)32)27-11-3-2-4-12-27/h5,7-10,13-15,21H,2-4,6,11-12H2,1H3,(H,25,29)(H,26,30). The fourth-order valence-electron chi connectivity index (χ4n) is 4.06. The molecule has 1 saturated heterocycles. The Morgan fingerprint density at radius 3 is 2.59 bits per heavy atom. The topological polar surface area (TPSA) is 123 Å². The Bertz CT molecular complexity index is 1120. The van der Waals surface area contributed by atoms with E-state index in [0.29, 0.717) is 29.2 Å². The summed E-state index contributed by atoms with van der Waals surface area (Å²) in [5.74, 6) is -0.442. The number of rotatable bonds is 7. The van der Waals surface area contributed by atoms with Gasteiger partial charge in [-0.1, -0.05) is 0 Å². The summed E-state index contributed by atoms with van der Waals surface area (Å²) >= 11 is 0. The molecule has 2 aromatic carbocycles. The van der Waals surface area contributed by atoms with Gasteiger partial charge in [0.25, 0.3) is 17.5 Å². The van der Waals surface area contributed by atoms with Crippen LogP contribution in [0, 0.1) is 10.1 Å². The van der Waals surface area contributed by atoms with Crippen LogP contribution in [0.15, 0.2) is 48.7 Å². The van der Waals surface area contributed by atoms with Crippen LogP contribution in [0.25, 0.3) is 0 Å². The highest BCUT2D eigenvalue weighted by molar-refractivity contribution is 6.05. The van der Waals surface area contributed by atoms with Crippen molar-refractivity contribution in [1.82, 2.24) is 0 Å². The molecule has 2 aliphatic rings. The molecule has 4 rings (SSSR count). The van der Waals surface area contributed by atoms with Crippen molar-refractivity contribution in [1.29, 1.82) is 0 Å². The van der Waals surface area contributed by atoms with Crippen molar-refractivity contribution < 1.29 is 24.0 Å². The van der Waals surface area contributed by atoms with E-state index in [4.69, 9.17) is 9.47 Å². The fraction of sp³-hybridized carbons (Fsp3) is 0.333. The number of nitrogens with zero attached hydrogens (tertiary/aromatic N) is 2. The molecule has 0 saturated carbocycles. The first-order valence-electron chi connectivity index (χ1n) is 11.1. The number of nitro groups is 1. The van der Waals surface area contributed by atoms with Crippen LogP contribution in [0.3, 0.4) is 0 Å². The second-order valence-corrected chi connectivity index (χ2v) is 8.10. The molecule has 2 aliphatic heterocycles. The van der Waals surface area contributed by atoms with E-state index in [2.05, 4.69) is 10.6 Å². The number of carbonyl (C=O) groups is 2. The summed E-state index contributed by atoms with van der Waals surface area (Å²) in [6.07, 6.45) is 6.25. The molecule has 1 unspecified atom stereocenters. The largest absolute Gasteiger partial charge is 0.494 e. The Hall–Kier alpha value is -4.08. The van der Waals surface area contributed by atoms with Crippen molar-refractivity contribution in [3.05, 3.63) is 64.4 Å². The first-order chi connectivity index (χ1) is 16.5. The second-order valence-electron chi connectivity index (χ2n) is 8.10. The van der Waals surface area contributed by atoms with Crippen LogP contribution in [-0.4, -0.2) is 43.0 Å². The molecular formula is C24H26N4O6. The Kier molecular flexibility index (Phi) is 6.95. The number of methoxy groups -OCH3 is 1. The van der Waals surface area contributed by atoms with Crippen LogP contribution < -0.4 is 20.3 Å². The summed E-state index contributed by atoms with van der Waals surface area (Å²) in [4.78, 5) is 38.4. The first-order valence-corrected chi connectivity index (χ1v) is 11.1. The van der Waals surface area contributed by atoms with Gasteiger partial charge in [-0.3, -0.25) is 19.7 Å². The van der Waals surface area contributed by atoms with Crippen LogP contribution in [0.5, 0.6) is 5.75 Å². The SMILES string of the molecule is COc1cc(NC(=O)c2ccc(N3CCCCC3)c([N+](=O)[O-])c2)ccc1NC(=O)C1CC=CO1. The molecule has 34 heavy (non-hydrogen) atoms. The minimum absolute atomic E-state index is 0.0891. The number of nitrogens with one attached hydrogen (secondary N) is 2. The minimum Gasteiger partial charge on any atom is -0.494 e. The van der Waals surface area contributed by atoms with Crippen molar-refractivity contribution in [2.24, 2.45) is 0 Å². The smallest absolute Gasteiger partial charge is 0.293 e. The Morgan fingerprint density at radius 2 is 1.91 bits per heavy atom. The van der Waals surface area contributed by atoms with Crippen molar-refractivity contribution in [2.45, 2.75) is 31.8 Å². The van der Waals surface area contributed by atoms with E-state index in [1.165, 1.54) is 19.4 Å². The predicted octanol–water partition coefficient (Wildman–Crippen LogP) is 4.09. The number of anilines is 3. The molecule has 10 nitrogen and oxygen atoms in total. The molecule has 2 N–H and O–H groups in total. The number of amides is 2. The number of benzene rings is 2. The van der Waals surface area contributed by atoms with Crippen molar-refractivity contribution in [3.63, 3.8) is 0 Å². The number of hydrogen-bond acceptors (Lipinski definition) is 7. The third-order valence-electron chi connectivity index (χ3n) is 5.83. The van der Waals surface area contributed by atoms with Gasteiger partial charge < -0.3 is 25.0 Å². The molecule has 0 aliphatic carbocycles. The lowest BCUT2D eigenvalue weighted by Gasteiger charge is -2.28. The van der Waals surface area contributed by atoms with Crippen LogP contribution in [0.1, 0.15) is 36.0 Å². The lowest BCUT2D eigenvalue weighted by Crippen LogP contribution is -2.30. The molecule has 0 bridgehead atoms. The number of piperidine rings is 1. The zero-order valence-corrected chi connectivity index (χ0v) is 18.8. The molecule has 2 amide bonds. The fourth-order valence-corrected chi connectivity index (χ4v) is 4.06. The molecule has 1 atom stereocenters. The van der Waals surface area contributed by atoms with E-state index in [9.17, 15) is 19.7 Å². The maximum absolute atomic E-state index is 12.8. The summed E-state index contributed by atoms with van der Waals surface area (Å²) in [5, 5.41) is 17.2. The van der Waals surface area contributed by atoms with Gasteiger partial charge >= 0.3 is 0 Å². The number of ether oxygens (including phenoxy) is 2. The van der Waals surface area contributed by atoms with Gasteiger partial charge in [-0.15, -0.1) is 0 Å². The van der Waals surface area contributed by atoms with E-state index < -0.39 is 16.9 Å². The zero-order valence-electron chi connectivity index (χ0n) is 18.8. The highest BCUT2D eigenvalue weighted by atomic mass is 16.6. The average molecular weight is 466 g/mol. The molecule has 0 spiro atoms. The van der Waals surface area contributed by atoms with E-state index >= 15 is 0 Å². The Labute approximate surface area is 196 Å². The predicted molar refractivity (Wildman–Crippen MR) is 127 cm³/mol. The molecule has 1 fully saturated rings. The first kappa shape index (κ1) is 23.1. The van der Waals surface area contributed by atoms with Crippen molar-refractivity contribution in [2.75, 3.05) is 35.7 Å². The maximum Gasteiger partial charge on any atom is 0.293 e. The van der Waals surface area contributed by atoms with Gasteiger partial charge in [0, 0.05) is 42.9 Å². The summed E-state index contributed by atoms with van der Waals surface area (Å²) < 4.78 is 10.6. The van der Waals surface area contributed by atoms with E-state index in [-0.39, 0.29) is 17.2 Å². The van der Waals surface area contributed by atoms with Gasteiger partial charge in [-0.2, -0.15) is 0 Å². The third-order valence-corrected chi connectivity index (χ3v) is 5.83. The minimum atomic E-state index is -0.590. The van der Waals surface area contributed by atoms with E-state index in [1.807, 2.05) is 4.90 Å². The van der Waals surface area contributed by atoms with Gasteiger partial charge in [-0.25, -0.2) is 0 Å². The van der Waals surface area contributed by atoms with Crippen LogP contribution in [-0.2, 0) is 9.53 Å². The monoisotopic (exact) mass is 466 g/mol. The molecule has 2 heterocycles. The zero-order chi connectivity index (χ0) is 24.1. The summed E-state index contributed by atoms with van der Waals surface area (Å²) in [5.41, 5.74) is 1.47. The normalized spacial score (nSPS) is 17.1. The Balaban J connectivity index is 1.48. The average Bonchev–Trinajstić information content (AvgIpc) is 3.40. The van der Waals surface area contributed by atoms with E-state index in [0.717, 1.165) is 32.4 Å². The number of carbonyl (C=O) groups excluding carboxylic acids is 2. The van der Waals surface area contributed by atoms with Crippen molar-refractivity contribution >= 4 is 34.6 Å². The number of nitro benzene ring substituents is 1. The van der Waals surface area contributed by atoms with Crippen LogP contribution in [0.2, 0.25) is 0 Å². The summed E-state index contributed by atoms with van der Waals surface area (Å²) in [7, 11) is 1.45. The lowest BCUT2D eigenvalue weighted by atomic mass is 10.1.